The molecule has 0 saturated heterocycles. The summed E-state index contributed by atoms with van der Waals surface area (Å²) in [6, 6.07) is 9.63. The summed E-state index contributed by atoms with van der Waals surface area (Å²) in [5, 5.41) is 8.34. The molecule has 1 aliphatic carbocycles. The maximum Gasteiger partial charge on any atom is 0.255 e. The van der Waals surface area contributed by atoms with Gasteiger partial charge in [0.05, 0.1) is 17.8 Å². The number of aromatic amines is 2. The summed E-state index contributed by atoms with van der Waals surface area (Å²) in [6.45, 7) is 1.83. The molecule has 29 heavy (non-hydrogen) atoms. The minimum Gasteiger partial charge on any atom is -0.361 e. The summed E-state index contributed by atoms with van der Waals surface area (Å²) in [6.07, 6.45) is 4.55. The first kappa shape index (κ1) is 17.4. The van der Waals surface area contributed by atoms with E-state index in [-0.39, 0.29) is 17.9 Å². The maximum atomic E-state index is 12.7. The molecule has 3 heterocycles. The Morgan fingerprint density at radius 3 is 3.03 bits per heavy atom. The molecular formula is C21H20N6O2. The number of rotatable bonds is 4. The second-order valence-electron chi connectivity index (χ2n) is 7.34. The lowest BCUT2D eigenvalue weighted by Gasteiger charge is -2.09. The fourth-order valence-corrected chi connectivity index (χ4v) is 3.92. The van der Waals surface area contributed by atoms with E-state index in [2.05, 4.69) is 25.4 Å². The molecule has 5 rings (SSSR count). The largest absolute Gasteiger partial charge is 0.361 e. The highest BCUT2D eigenvalue weighted by Gasteiger charge is 2.20. The van der Waals surface area contributed by atoms with E-state index >= 15 is 0 Å². The number of nitrogens with one attached hydrogen (secondary N) is 3. The van der Waals surface area contributed by atoms with Gasteiger partial charge in [-0.25, -0.2) is 4.98 Å². The molecule has 0 radical (unpaired) electrons. The molecule has 146 valence electrons. The zero-order valence-electron chi connectivity index (χ0n) is 16.0. The lowest BCUT2D eigenvalue weighted by Crippen LogP contribution is -2.21. The third-order valence-corrected chi connectivity index (χ3v) is 5.25. The van der Waals surface area contributed by atoms with E-state index in [1.807, 2.05) is 37.4 Å². The Kier molecular flexibility index (Phi) is 4.04. The molecule has 0 spiro atoms. The van der Waals surface area contributed by atoms with Crippen LogP contribution in [0.1, 0.15) is 28.9 Å². The first-order valence-electron chi connectivity index (χ1n) is 9.62. The Morgan fingerprint density at radius 2 is 2.14 bits per heavy atom. The van der Waals surface area contributed by atoms with Gasteiger partial charge in [0.1, 0.15) is 5.82 Å². The summed E-state index contributed by atoms with van der Waals surface area (Å²) in [5.41, 5.74) is 4.07. The molecule has 0 saturated carbocycles. The van der Waals surface area contributed by atoms with Gasteiger partial charge in [-0.15, -0.1) is 0 Å². The molecule has 8 nitrogen and oxygen atoms in total. The SMILES string of the molecule is Cc1cc(NC(=O)Cc2c[nH]c3ccccc23)n(-c2nc3c(c(=O)[nH]2)CCC3)n1. The molecule has 0 atom stereocenters. The van der Waals surface area contributed by atoms with Gasteiger partial charge in [0.15, 0.2) is 0 Å². The van der Waals surface area contributed by atoms with Crippen LogP contribution in [0.4, 0.5) is 5.82 Å². The molecule has 8 heteroatoms. The molecule has 1 amide bonds. The Bertz CT molecular complexity index is 1300. The predicted molar refractivity (Wildman–Crippen MR) is 109 cm³/mol. The van der Waals surface area contributed by atoms with Crippen molar-refractivity contribution in [1.82, 2.24) is 24.7 Å². The van der Waals surface area contributed by atoms with Gasteiger partial charge in [0, 0.05) is 28.7 Å². The van der Waals surface area contributed by atoms with Crippen molar-refractivity contribution >= 4 is 22.6 Å². The third-order valence-electron chi connectivity index (χ3n) is 5.25. The maximum absolute atomic E-state index is 12.7. The van der Waals surface area contributed by atoms with Crippen LogP contribution in [0.3, 0.4) is 0 Å². The zero-order valence-corrected chi connectivity index (χ0v) is 16.0. The summed E-state index contributed by atoms with van der Waals surface area (Å²) in [5.74, 6) is 0.638. The van der Waals surface area contributed by atoms with Gasteiger partial charge in [-0.05, 0) is 37.8 Å². The van der Waals surface area contributed by atoms with E-state index in [0.29, 0.717) is 11.8 Å². The van der Waals surface area contributed by atoms with E-state index < -0.39 is 0 Å². The molecule has 3 N–H and O–H groups in total. The quantitative estimate of drug-likeness (QED) is 0.499. The number of hydrogen-bond donors (Lipinski definition) is 3. The second-order valence-corrected chi connectivity index (χ2v) is 7.34. The summed E-state index contributed by atoms with van der Waals surface area (Å²) < 4.78 is 1.49. The van der Waals surface area contributed by atoms with Gasteiger partial charge in [0.2, 0.25) is 11.9 Å². The van der Waals surface area contributed by atoms with Gasteiger partial charge in [-0.3, -0.25) is 14.6 Å². The van der Waals surface area contributed by atoms with Crippen LogP contribution in [-0.2, 0) is 24.1 Å². The number of nitrogens with zero attached hydrogens (tertiary/aromatic N) is 3. The first-order chi connectivity index (χ1) is 14.1. The number of carbonyl (C=O) groups is 1. The molecular weight excluding hydrogens is 368 g/mol. The van der Waals surface area contributed by atoms with Gasteiger partial charge in [-0.1, -0.05) is 18.2 Å². The van der Waals surface area contributed by atoms with E-state index in [1.165, 1.54) is 4.68 Å². The van der Waals surface area contributed by atoms with Crippen molar-refractivity contribution in [2.24, 2.45) is 0 Å². The number of anilines is 1. The fraction of sp³-hybridized carbons (Fsp3) is 0.238. The lowest BCUT2D eigenvalue weighted by atomic mass is 10.1. The number of H-pyrrole nitrogens is 2. The Balaban J connectivity index is 1.43. The monoisotopic (exact) mass is 388 g/mol. The van der Waals surface area contributed by atoms with Crippen LogP contribution in [0.25, 0.3) is 16.9 Å². The standard InChI is InChI=1S/C21H20N6O2/c1-12-9-18(24-19(28)10-13-11-22-16-7-3-2-5-14(13)16)27(26-12)21-23-17-8-4-6-15(17)20(29)25-21/h2-3,5,7,9,11,22H,4,6,8,10H2,1H3,(H,24,28)(H,23,25,29). The van der Waals surface area contributed by atoms with Crippen LogP contribution in [0.2, 0.25) is 0 Å². The van der Waals surface area contributed by atoms with Gasteiger partial charge < -0.3 is 10.3 Å². The van der Waals surface area contributed by atoms with Crippen LogP contribution >= 0.6 is 0 Å². The van der Waals surface area contributed by atoms with Crippen molar-refractivity contribution in [3.63, 3.8) is 0 Å². The molecule has 0 unspecified atom stereocenters. The average Bonchev–Trinajstić information content (AvgIpc) is 3.41. The lowest BCUT2D eigenvalue weighted by molar-refractivity contribution is -0.115. The zero-order chi connectivity index (χ0) is 20.0. The molecule has 4 aromatic rings. The number of para-hydroxylation sites is 1. The highest BCUT2D eigenvalue weighted by Crippen LogP contribution is 2.21. The Hall–Kier alpha value is -3.68. The van der Waals surface area contributed by atoms with Gasteiger partial charge in [-0.2, -0.15) is 9.78 Å². The normalized spacial score (nSPS) is 13.0. The van der Waals surface area contributed by atoms with E-state index in [4.69, 9.17) is 0 Å². The summed E-state index contributed by atoms with van der Waals surface area (Å²) >= 11 is 0. The van der Waals surface area contributed by atoms with Crippen LogP contribution in [-0.4, -0.2) is 30.6 Å². The van der Waals surface area contributed by atoms with Crippen molar-refractivity contribution in [1.29, 1.82) is 0 Å². The van der Waals surface area contributed by atoms with Crippen molar-refractivity contribution in [3.8, 4) is 5.95 Å². The molecule has 3 aromatic heterocycles. The third kappa shape index (κ3) is 3.12. The number of fused-ring (bicyclic) bond motifs is 2. The first-order valence-corrected chi connectivity index (χ1v) is 9.62. The van der Waals surface area contributed by atoms with Crippen molar-refractivity contribution in [3.05, 3.63) is 69.4 Å². The molecule has 0 fully saturated rings. The minimum atomic E-state index is -0.167. The van der Waals surface area contributed by atoms with Crippen molar-refractivity contribution in [2.75, 3.05) is 5.32 Å². The van der Waals surface area contributed by atoms with Crippen LogP contribution < -0.4 is 10.9 Å². The minimum absolute atomic E-state index is 0.133. The van der Waals surface area contributed by atoms with E-state index in [0.717, 1.165) is 52.7 Å². The van der Waals surface area contributed by atoms with Crippen molar-refractivity contribution < 1.29 is 4.79 Å². The number of amides is 1. The van der Waals surface area contributed by atoms with Crippen molar-refractivity contribution in [2.45, 2.75) is 32.6 Å². The van der Waals surface area contributed by atoms with E-state index in [1.54, 1.807) is 6.07 Å². The Morgan fingerprint density at radius 1 is 1.28 bits per heavy atom. The average molecular weight is 388 g/mol. The van der Waals surface area contributed by atoms with Crippen LogP contribution in [0.15, 0.2) is 41.3 Å². The summed E-state index contributed by atoms with van der Waals surface area (Å²) in [4.78, 5) is 35.6. The van der Waals surface area contributed by atoms with Crippen LogP contribution in [0.5, 0.6) is 0 Å². The second kappa shape index (κ2) is 6.73. The Labute approximate surface area is 166 Å². The van der Waals surface area contributed by atoms with E-state index in [9.17, 15) is 9.59 Å². The number of hydrogen-bond acceptors (Lipinski definition) is 4. The highest BCUT2D eigenvalue weighted by molar-refractivity contribution is 5.95. The topological polar surface area (TPSA) is 108 Å². The molecule has 1 aliphatic rings. The predicted octanol–water partition coefficient (Wildman–Crippen LogP) is 2.42. The number of aromatic nitrogens is 5. The fourth-order valence-electron chi connectivity index (χ4n) is 3.92. The number of aryl methyl sites for hydroxylation is 2. The van der Waals surface area contributed by atoms with Gasteiger partial charge >= 0.3 is 0 Å². The highest BCUT2D eigenvalue weighted by atomic mass is 16.1. The van der Waals surface area contributed by atoms with Gasteiger partial charge in [0.25, 0.3) is 5.56 Å². The summed E-state index contributed by atoms with van der Waals surface area (Å²) in [7, 11) is 0. The molecule has 1 aromatic carbocycles. The van der Waals surface area contributed by atoms with Crippen LogP contribution in [0, 0.1) is 6.92 Å². The molecule has 0 bridgehead atoms. The number of benzene rings is 1. The number of carbonyl (C=O) groups excluding carboxylic acids is 1. The smallest absolute Gasteiger partial charge is 0.255 e. The molecule has 0 aliphatic heterocycles.